The van der Waals surface area contributed by atoms with Gasteiger partial charge in [0.2, 0.25) is 0 Å². The number of hydrogen-bond acceptors (Lipinski definition) is 2. The third-order valence-corrected chi connectivity index (χ3v) is 4.27. The van der Waals surface area contributed by atoms with Gasteiger partial charge in [0.05, 0.1) is 6.10 Å². The molecule has 1 aromatic carbocycles. The molecule has 3 heteroatoms. The highest BCUT2D eigenvalue weighted by atomic mass is 35.5. The van der Waals surface area contributed by atoms with Gasteiger partial charge in [-0.2, -0.15) is 0 Å². The molecule has 0 amide bonds. The minimum absolute atomic E-state index is 0.386. The lowest BCUT2D eigenvalue weighted by molar-refractivity contribution is 0.0865. The van der Waals surface area contributed by atoms with Crippen molar-refractivity contribution in [3.63, 3.8) is 0 Å². The standard InChI is InChI=1S/C16H24ClNO/c1-3-15(12-6-5-7-14(17)10-12)18-11-13-8-9-19-16(13)4-2/h5-7,10,13,15-16,18H,3-4,8-9,11H2,1-2H3. The number of rotatable bonds is 6. The van der Waals surface area contributed by atoms with Crippen LogP contribution in [0.25, 0.3) is 0 Å². The molecule has 3 unspecified atom stereocenters. The van der Waals surface area contributed by atoms with Crippen LogP contribution in [0.1, 0.15) is 44.7 Å². The van der Waals surface area contributed by atoms with Crippen molar-refractivity contribution in [1.29, 1.82) is 0 Å². The fraction of sp³-hybridized carbons (Fsp3) is 0.625. The summed E-state index contributed by atoms with van der Waals surface area (Å²) in [6, 6.07) is 8.54. The van der Waals surface area contributed by atoms with E-state index in [2.05, 4.69) is 31.3 Å². The topological polar surface area (TPSA) is 21.3 Å². The van der Waals surface area contributed by atoms with Crippen LogP contribution in [-0.2, 0) is 4.74 Å². The molecule has 1 N–H and O–H groups in total. The van der Waals surface area contributed by atoms with E-state index >= 15 is 0 Å². The van der Waals surface area contributed by atoms with E-state index in [9.17, 15) is 0 Å². The van der Waals surface area contributed by atoms with Crippen LogP contribution >= 0.6 is 11.6 Å². The highest BCUT2D eigenvalue weighted by Gasteiger charge is 2.26. The Balaban J connectivity index is 1.92. The van der Waals surface area contributed by atoms with Crippen molar-refractivity contribution in [3.8, 4) is 0 Å². The summed E-state index contributed by atoms with van der Waals surface area (Å²) >= 11 is 6.07. The van der Waals surface area contributed by atoms with E-state index in [-0.39, 0.29) is 0 Å². The smallest absolute Gasteiger partial charge is 0.0613 e. The highest BCUT2D eigenvalue weighted by molar-refractivity contribution is 6.30. The number of halogens is 1. The molecule has 1 saturated heterocycles. The van der Waals surface area contributed by atoms with Crippen LogP contribution in [-0.4, -0.2) is 19.3 Å². The molecule has 19 heavy (non-hydrogen) atoms. The van der Waals surface area contributed by atoms with E-state index in [4.69, 9.17) is 16.3 Å². The highest BCUT2D eigenvalue weighted by Crippen LogP contribution is 2.25. The Labute approximate surface area is 121 Å². The second-order valence-corrected chi connectivity index (χ2v) is 5.73. The van der Waals surface area contributed by atoms with Crippen molar-refractivity contribution in [2.24, 2.45) is 5.92 Å². The lowest BCUT2D eigenvalue weighted by Crippen LogP contribution is -2.31. The molecule has 106 valence electrons. The van der Waals surface area contributed by atoms with Crippen LogP contribution in [0.15, 0.2) is 24.3 Å². The molecular formula is C16H24ClNO. The predicted octanol–water partition coefficient (Wildman–Crippen LogP) is 4.20. The molecule has 0 radical (unpaired) electrons. The summed E-state index contributed by atoms with van der Waals surface area (Å²) in [7, 11) is 0. The SMILES string of the molecule is CCC(NCC1CCOC1CC)c1cccc(Cl)c1. The molecule has 3 atom stereocenters. The Kier molecular flexibility index (Phi) is 5.68. The maximum absolute atomic E-state index is 6.07. The Morgan fingerprint density at radius 1 is 1.42 bits per heavy atom. The molecule has 1 heterocycles. The van der Waals surface area contributed by atoms with Gasteiger partial charge >= 0.3 is 0 Å². The van der Waals surface area contributed by atoms with E-state index in [1.54, 1.807) is 0 Å². The molecule has 1 fully saturated rings. The summed E-state index contributed by atoms with van der Waals surface area (Å²) in [4.78, 5) is 0. The zero-order chi connectivity index (χ0) is 13.7. The second-order valence-electron chi connectivity index (χ2n) is 5.29. The van der Waals surface area contributed by atoms with Gasteiger partial charge in [-0.05, 0) is 42.9 Å². The van der Waals surface area contributed by atoms with E-state index in [1.165, 1.54) is 12.0 Å². The molecule has 0 bridgehead atoms. The zero-order valence-electron chi connectivity index (χ0n) is 11.9. The zero-order valence-corrected chi connectivity index (χ0v) is 12.6. The summed E-state index contributed by atoms with van der Waals surface area (Å²) < 4.78 is 5.74. The first kappa shape index (κ1) is 14.8. The van der Waals surface area contributed by atoms with E-state index in [0.717, 1.165) is 31.0 Å². The lowest BCUT2D eigenvalue weighted by Gasteiger charge is -2.22. The molecule has 2 rings (SSSR count). The molecule has 0 aliphatic carbocycles. The van der Waals surface area contributed by atoms with Crippen LogP contribution < -0.4 is 5.32 Å². The number of nitrogens with one attached hydrogen (secondary N) is 1. The van der Waals surface area contributed by atoms with Crippen LogP contribution in [0.5, 0.6) is 0 Å². The number of benzene rings is 1. The van der Waals surface area contributed by atoms with Crippen molar-refractivity contribution in [1.82, 2.24) is 5.32 Å². The van der Waals surface area contributed by atoms with Crippen molar-refractivity contribution in [2.45, 2.75) is 45.3 Å². The summed E-state index contributed by atoms with van der Waals surface area (Å²) in [5.74, 6) is 0.651. The third-order valence-electron chi connectivity index (χ3n) is 4.03. The molecular weight excluding hydrogens is 258 g/mol. The van der Waals surface area contributed by atoms with Crippen molar-refractivity contribution in [2.75, 3.05) is 13.2 Å². The summed E-state index contributed by atoms with van der Waals surface area (Å²) in [5.41, 5.74) is 1.28. The van der Waals surface area contributed by atoms with E-state index in [1.807, 2.05) is 12.1 Å². The Morgan fingerprint density at radius 3 is 2.95 bits per heavy atom. The first-order chi connectivity index (χ1) is 9.24. The molecule has 1 aromatic rings. The quantitative estimate of drug-likeness (QED) is 0.844. The maximum Gasteiger partial charge on any atom is 0.0613 e. The van der Waals surface area contributed by atoms with Gasteiger partial charge in [-0.25, -0.2) is 0 Å². The van der Waals surface area contributed by atoms with Crippen LogP contribution in [0.4, 0.5) is 0 Å². The molecule has 0 aromatic heterocycles. The minimum Gasteiger partial charge on any atom is -0.378 e. The van der Waals surface area contributed by atoms with Gasteiger partial charge in [0.1, 0.15) is 0 Å². The van der Waals surface area contributed by atoms with Gasteiger partial charge in [0.25, 0.3) is 0 Å². The number of hydrogen-bond donors (Lipinski definition) is 1. The summed E-state index contributed by atoms with van der Waals surface area (Å²) in [5, 5.41) is 4.49. The minimum atomic E-state index is 0.386. The predicted molar refractivity (Wildman–Crippen MR) is 80.6 cm³/mol. The lowest BCUT2D eigenvalue weighted by atomic mass is 9.98. The first-order valence-electron chi connectivity index (χ1n) is 7.35. The van der Waals surface area contributed by atoms with Gasteiger partial charge in [-0.1, -0.05) is 37.6 Å². The van der Waals surface area contributed by atoms with Crippen molar-refractivity contribution < 1.29 is 4.74 Å². The fourth-order valence-electron chi connectivity index (χ4n) is 2.89. The Hall–Kier alpha value is -0.570. The third kappa shape index (κ3) is 3.95. The molecule has 1 aliphatic heterocycles. The normalized spacial score (nSPS) is 24.6. The van der Waals surface area contributed by atoms with Gasteiger partial charge in [0.15, 0.2) is 0 Å². The average molecular weight is 282 g/mol. The van der Waals surface area contributed by atoms with Crippen molar-refractivity contribution >= 4 is 11.6 Å². The van der Waals surface area contributed by atoms with Gasteiger partial charge in [0, 0.05) is 24.2 Å². The molecule has 2 nitrogen and oxygen atoms in total. The van der Waals surface area contributed by atoms with Crippen molar-refractivity contribution in [3.05, 3.63) is 34.9 Å². The van der Waals surface area contributed by atoms with Crippen LogP contribution in [0.2, 0.25) is 5.02 Å². The Morgan fingerprint density at radius 2 is 2.26 bits per heavy atom. The molecule has 1 aliphatic rings. The summed E-state index contributed by atoms with van der Waals surface area (Å²) in [6.07, 6.45) is 3.80. The van der Waals surface area contributed by atoms with E-state index < -0.39 is 0 Å². The first-order valence-corrected chi connectivity index (χ1v) is 7.72. The summed E-state index contributed by atoms with van der Waals surface area (Å²) in [6.45, 7) is 6.36. The van der Waals surface area contributed by atoms with Gasteiger partial charge < -0.3 is 10.1 Å². The van der Waals surface area contributed by atoms with Crippen LogP contribution in [0, 0.1) is 5.92 Å². The fourth-order valence-corrected chi connectivity index (χ4v) is 3.09. The van der Waals surface area contributed by atoms with Gasteiger partial charge in [-0.3, -0.25) is 0 Å². The number of ether oxygens (including phenoxy) is 1. The second kappa shape index (κ2) is 7.28. The monoisotopic (exact) mass is 281 g/mol. The average Bonchev–Trinajstić information content (AvgIpc) is 2.87. The largest absolute Gasteiger partial charge is 0.378 e. The van der Waals surface area contributed by atoms with Gasteiger partial charge in [-0.15, -0.1) is 0 Å². The molecule has 0 saturated carbocycles. The Bertz CT molecular complexity index is 396. The van der Waals surface area contributed by atoms with E-state index in [0.29, 0.717) is 18.1 Å². The van der Waals surface area contributed by atoms with Crippen LogP contribution in [0.3, 0.4) is 0 Å². The molecule has 0 spiro atoms. The maximum atomic E-state index is 6.07.